The molecular formula is C11H13ClN2O2. The second kappa shape index (κ2) is 5.51. The molecule has 0 aliphatic heterocycles. The Kier molecular flexibility index (Phi) is 4.31. The maximum absolute atomic E-state index is 10.9. The molecule has 1 aromatic carbocycles. The number of primary amides is 2. The van der Waals surface area contributed by atoms with E-state index in [1.165, 1.54) is 0 Å². The highest BCUT2D eigenvalue weighted by molar-refractivity contribution is 6.31. The van der Waals surface area contributed by atoms with E-state index in [0.29, 0.717) is 5.02 Å². The van der Waals surface area contributed by atoms with E-state index in [1.54, 1.807) is 24.3 Å². The number of hydrogen-bond acceptors (Lipinski definition) is 2. The lowest BCUT2D eigenvalue weighted by Crippen LogP contribution is -2.21. The number of halogens is 1. The molecule has 4 N–H and O–H groups in total. The maximum Gasteiger partial charge on any atom is 0.218 e. The van der Waals surface area contributed by atoms with Crippen molar-refractivity contribution in [3.05, 3.63) is 34.9 Å². The van der Waals surface area contributed by atoms with Gasteiger partial charge in [0.2, 0.25) is 11.8 Å². The molecule has 0 saturated heterocycles. The van der Waals surface area contributed by atoms with E-state index in [0.717, 1.165) is 5.56 Å². The summed E-state index contributed by atoms with van der Waals surface area (Å²) in [4.78, 5) is 21.8. The molecule has 86 valence electrons. The summed E-state index contributed by atoms with van der Waals surface area (Å²) >= 11 is 5.98. The van der Waals surface area contributed by atoms with Crippen molar-refractivity contribution in [3.8, 4) is 0 Å². The summed E-state index contributed by atoms with van der Waals surface area (Å²) in [6, 6.07) is 7.03. The van der Waals surface area contributed by atoms with E-state index in [9.17, 15) is 9.59 Å². The van der Waals surface area contributed by atoms with Gasteiger partial charge in [-0.05, 0) is 11.6 Å². The number of carbonyl (C=O) groups is 2. The van der Waals surface area contributed by atoms with Crippen LogP contribution in [0.3, 0.4) is 0 Å². The summed E-state index contributed by atoms with van der Waals surface area (Å²) in [5, 5.41) is 0.509. The predicted molar refractivity (Wildman–Crippen MR) is 61.8 cm³/mol. The van der Waals surface area contributed by atoms with Gasteiger partial charge in [-0.2, -0.15) is 0 Å². The normalized spacial score (nSPS) is 10.4. The van der Waals surface area contributed by atoms with Gasteiger partial charge in [-0.3, -0.25) is 9.59 Å². The van der Waals surface area contributed by atoms with Crippen LogP contribution in [0.15, 0.2) is 24.3 Å². The van der Waals surface area contributed by atoms with E-state index in [1.807, 2.05) is 0 Å². The number of benzene rings is 1. The lowest BCUT2D eigenvalue weighted by atomic mass is 9.92. The minimum absolute atomic E-state index is 0.0622. The molecule has 0 aliphatic rings. The number of nitrogens with two attached hydrogens (primary N) is 2. The Labute approximate surface area is 98.6 Å². The minimum atomic E-state index is -0.480. The second-order valence-corrected chi connectivity index (χ2v) is 3.97. The van der Waals surface area contributed by atoms with Crippen LogP contribution in [0.25, 0.3) is 0 Å². The van der Waals surface area contributed by atoms with Gasteiger partial charge in [-0.1, -0.05) is 29.8 Å². The average Bonchev–Trinajstić information content (AvgIpc) is 2.15. The fourth-order valence-corrected chi connectivity index (χ4v) is 1.87. The molecule has 0 atom stereocenters. The van der Waals surface area contributed by atoms with Crippen molar-refractivity contribution in [1.29, 1.82) is 0 Å². The fraction of sp³-hybridized carbons (Fsp3) is 0.273. The molecule has 0 bridgehead atoms. The first kappa shape index (κ1) is 12.5. The van der Waals surface area contributed by atoms with Gasteiger partial charge in [-0.25, -0.2) is 0 Å². The molecule has 0 unspecified atom stereocenters. The summed E-state index contributed by atoms with van der Waals surface area (Å²) in [7, 11) is 0. The van der Waals surface area contributed by atoms with Crippen LogP contribution in [0.1, 0.15) is 24.3 Å². The molecule has 1 aromatic rings. The molecular weight excluding hydrogens is 228 g/mol. The van der Waals surface area contributed by atoms with E-state index in [4.69, 9.17) is 23.1 Å². The number of hydrogen-bond donors (Lipinski definition) is 2. The minimum Gasteiger partial charge on any atom is -0.370 e. The summed E-state index contributed by atoms with van der Waals surface area (Å²) in [6.45, 7) is 0. The van der Waals surface area contributed by atoms with E-state index in [2.05, 4.69) is 0 Å². The monoisotopic (exact) mass is 240 g/mol. The van der Waals surface area contributed by atoms with Crippen LogP contribution in [0.5, 0.6) is 0 Å². The van der Waals surface area contributed by atoms with Gasteiger partial charge in [0.25, 0.3) is 0 Å². The largest absolute Gasteiger partial charge is 0.370 e. The van der Waals surface area contributed by atoms with Crippen LogP contribution in [-0.4, -0.2) is 11.8 Å². The highest BCUT2D eigenvalue weighted by Crippen LogP contribution is 2.29. The second-order valence-electron chi connectivity index (χ2n) is 3.56. The average molecular weight is 241 g/mol. The van der Waals surface area contributed by atoms with E-state index in [-0.39, 0.29) is 18.8 Å². The highest BCUT2D eigenvalue weighted by atomic mass is 35.5. The summed E-state index contributed by atoms with van der Waals surface area (Å²) < 4.78 is 0. The Morgan fingerprint density at radius 2 is 1.62 bits per heavy atom. The van der Waals surface area contributed by atoms with Crippen molar-refractivity contribution in [2.24, 2.45) is 11.5 Å². The first-order valence-corrected chi connectivity index (χ1v) is 5.19. The first-order chi connectivity index (χ1) is 7.50. The third kappa shape index (κ3) is 3.55. The Balaban J connectivity index is 2.96. The van der Waals surface area contributed by atoms with Crippen molar-refractivity contribution < 1.29 is 9.59 Å². The smallest absolute Gasteiger partial charge is 0.218 e. The SMILES string of the molecule is NC(=O)CC(CC(N)=O)c1ccccc1Cl. The third-order valence-electron chi connectivity index (χ3n) is 2.24. The quantitative estimate of drug-likeness (QED) is 0.810. The van der Waals surface area contributed by atoms with Gasteiger partial charge in [0.1, 0.15) is 0 Å². The maximum atomic E-state index is 10.9. The van der Waals surface area contributed by atoms with E-state index >= 15 is 0 Å². The lowest BCUT2D eigenvalue weighted by molar-refractivity contribution is -0.119. The van der Waals surface area contributed by atoms with Crippen LogP contribution in [0.2, 0.25) is 5.02 Å². The zero-order valence-electron chi connectivity index (χ0n) is 8.65. The fourth-order valence-electron chi connectivity index (χ4n) is 1.58. The van der Waals surface area contributed by atoms with E-state index < -0.39 is 11.8 Å². The number of carbonyl (C=O) groups excluding carboxylic acids is 2. The van der Waals surface area contributed by atoms with Crippen molar-refractivity contribution in [2.75, 3.05) is 0 Å². The molecule has 0 aliphatic carbocycles. The van der Waals surface area contributed by atoms with Gasteiger partial charge in [0.05, 0.1) is 0 Å². The van der Waals surface area contributed by atoms with Gasteiger partial charge in [0.15, 0.2) is 0 Å². The van der Waals surface area contributed by atoms with Crippen molar-refractivity contribution in [3.63, 3.8) is 0 Å². The molecule has 0 saturated carbocycles. The summed E-state index contributed by atoms with van der Waals surface area (Å²) in [5.41, 5.74) is 11.0. The molecule has 0 spiro atoms. The molecule has 0 heterocycles. The molecule has 0 fully saturated rings. The molecule has 5 heteroatoms. The van der Waals surface area contributed by atoms with Crippen molar-refractivity contribution in [2.45, 2.75) is 18.8 Å². The van der Waals surface area contributed by atoms with Crippen LogP contribution in [-0.2, 0) is 9.59 Å². The first-order valence-electron chi connectivity index (χ1n) is 4.81. The van der Waals surface area contributed by atoms with Crippen LogP contribution in [0, 0.1) is 0 Å². The zero-order chi connectivity index (χ0) is 12.1. The molecule has 0 aromatic heterocycles. The topological polar surface area (TPSA) is 86.2 Å². The molecule has 4 nitrogen and oxygen atoms in total. The van der Waals surface area contributed by atoms with Gasteiger partial charge < -0.3 is 11.5 Å². The van der Waals surface area contributed by atoms with Gasteiger partial charge >= 0.3 is 0 Å². The predicted octanol–water partition coefficient (Wildman–Crippen LogP) is 1.17. The summed E-state index contributed by atoms with van der Waals surface area (Å²) in [6.07, 6.45) is 0.124. The standard InChI is InChI=1S/C11H13ClN2O2/c12-9-4-2-1-3-8(9)7(5-10(13)15)6-11(14)16/h1-4,7H,5-6H2,(H2,13,15)(H2,14,16). The van der Waals surface area contributed by atoms with Crippen LogP contribution in [0.4, 0.5) is 0 Å². The Morgan fingerprint density at radius 3 is 2.06 bits per heavy atom. The Bertz CT molecular complexity index is 391. The number of rotatable bonds is 5. The Hall–Kier alpha value is -1.55. The van der Waals surface area contributed by atoms with Crippen LogP contribution >= 0.6 is 11.6 Å². The lowest BCUT2D eigenvalue weighted by Gasteiger charge is -2.15. The van der Waals surface area contributed by atoms with Gasteiger partial charge in [0, 0.05) is 23.8 Å². The zero-order valence-corrected chi connectivity index (χ0v) is 9.41. The third-order valence-corrected chi connectivity index (χ3v) is 2.58. The molecule has 16 heavy (non-hydrogen) atoms. The molecule has 2 amide bonds. The number of amides is 2. The van der Waals surface area contributed by atoms with Gasteiger partial charge in [-0.15, -0.1) is 0 Å². The highest BCUT2D eigenvalue weighted by Gasteiger charge is 2.19. The van der Waals surface area contributed by atoms with Crippen molar-refractivity contribution in [1.82, 2.24) is 0 Å². The molecule has 1 rings (SSSR count). The summed E-state index contributed by atoms with van der Waals surface area (Å²) in [5.74, 6) is -1.30. The van der Waals surface area contributed by atoms with Crippen molar-refractivity contribution >= 4 is 23.4 Å². The Morgan fingerprint density at radius 1 is 1.12 bits per heavy atom. The van der Waals surface area contributed by atoms with Crippen LogP contribution < -0.4 is 11.5 Å². The molecule has 0 radical (unpaired) electrons.